The highest BCUT2D eigenvalue weighted by Gasteiger charge is 2.26. The number of benzene rings is 2. The van der Waals surface area contributed by atoms with Crippen molar-refractivity contribution in [1.82, 2.24) is 15.2 Å². The highest BCUT2D eigenvalue weighted by atomic mass is 32.1. The van der Waals surface area contributed by atoms with Gasteiger partial charge in [-0.15, -0.1) is 11.3 Å². The number of rotatable bonds is 9. The van der Waals surface area contributed by atoms with Crippen molar-refractivity contribution >= 4 is 34.4 Å². The number of hydrazone groups is 1. The number of anilines is 1. The predicted molar refractivity (Wildman–Crippen MR) is 165 cm³/mol. The lowest BCUT2D eigenvalue weighted by molar-refractivity contribution is 0.0896. The number of likely N-dealkylation sites (tertiary alicyclic amines) is 2. The fourth-order valence-corrected chi connectivity index (χ4v) is 6.64. The molecule has 41 heavy (non-hydrogen) atoms. The van der Waals surface area contributed by atoms with Crippen molar-refractivity contribution in [3.8, 4) is 5.75 Å². The minimum Gasteiger partial charge on any atom is -0.497 e. The number of aryl methyl sites for hydroxylation is 1. The molecule has 216 valence electrons. The molecule has 8 nitrogen and oxygen atoms in total. The van der Waals surface area contributed by atoms with Crippen LogP contribution in [0.5, 0.6) is 5.75 Å². The van der Waals surface area contributed by atoms with E-state index in [1.54, 1.807) is 13.3 Å². The Morgan fingerprint density at radius 3 is 2.51 bits per heavy atom. The molecule has 3 aromatic rings. The number of nitrogens with zero attached hydrogens (tertiary/aromatic N) is 3. The Hall–Kier alpha value is -3.53. The molecule has 0 saturated carbocycles. The molecule has 0 bridgehead atoms. The Morgan fingerprint density at radius 1 is 1.02 bits per heavy atom. The molecule has 5 rings (SSSR count). The van der Waals surface area contributed by atoms with Crippen molar-refractivity contribution in [2.24, 2.45) is 5.10 Å². The van der Waals surface area contributed by atoms with Gasteiger partial charge in [-0.25, -0.2) is 5.43 Å². The zero-order valence-corrected chi connectivity index (χ0v) is 24.7. The lowest BCUT2D eigenvalue weighted by Crippen LogP contribution is -2.46. The number of carbonyl (C=O) groups excluding carboxylic acids is 2. The molecule has 2 aliphatic rings. The molecule has 2 aliphatic heterocycles. The normalized spacial score (nSPS) is 17.0. The van der Waals surface area contributed by atoms with Crippen LogP contribution in [0.4, 0.5) is 5.00 Å². The summed E-state index contributed by atoms with van der Waals surface area (Å²) in [5.74, 6) is 0.151. The van der Waals surface area contributed by atoms with E-state index in [4.69, 9.17) is 4.74 Å². The molecular formula is C32H39N5O3S. The van der Waals surface area contributed by atoms with E-state index in [1.165, 1.54) is 56.5 Å². The second-order valence-corrected chi connectivity index (χ2v) is 11.7. The Kier molecular flexibility index (Phi) is 9.82. The Morgan fingerprint density at radius 2 is 1.78 bits per heavy atom. The maximum Gasteiger partial charge on any atom is 0.274 e. The number of hydrogen-bond acceptors (Lipinski definition) is 7. The van der Waals surface area contributed by atoms with Gasteiger partial charge in [0.1, 0.15) is 10.8 Å². The quantitative estimate of drug-likeness (QED) is 0.260. The van der Waals surface area contributed by atoms with Crippen LogP contribution >= 0.6 is 11.3 Å². The maximum atomic E-state index is 13.2. The number of piperidine rings is 2. The zero-order valence-electron chi connectivity index (χ0n) is 23.9. The van der Waals surface area contributed by atoms with Gasteiger partial charge in [-0.1, -0.05) is 18.6 Å². The standard InChI is InChI=1S/C32H39N5O3S/c1-23-22-41-32(29(23)31(39)35-33-20-24-9-11-28(40-2)12-10-24)34-30(38)26-8-6-7-25(19-26)21-36-17-13-27(14-18-36)37-15-4-3-5-16-37/h6-12,19-20,22,27H,3-5,13-18,21H2,1-2H3,(H,34,38)(H,35,39). The average molecular weight is 574 g/mol. The number of thiophene rings is 1. The van der Waals surface area contributed by atoms with Crippen molar-refractivity contribution in [3.05, 3.63) is 81.7 Å². The largest absolute Gasteiger partial charge is 0.497 e. The molecule has 0 aliphatic carbocycles. The number of ether oxygens (including phenoxy) is 1. The monoisotopic (exact) mass is 573 g/mol. The van der Waals surface area contributed by atoms with Gasteiger partial charge in [0.2, 0.25) is 0 Å². The molecule has 2 fully saturated rings. The molecule has 0 atom stereocenters. The van der Waals surface area contributed by atoms with Gasteiger partial charge in [-0.05, 0) is 117 Å². The van der Waals surface area contributed by atoms with Crippen LogP contribution in [-0.4, -0.2) is 67.2 Å². The average Bonchev–Trinajstić information content (AvgIpc) is 3.38. The van der Waals surface area contributed by atoms with E-state index >= 15 is 0 Å². The van der Waals surface area contributed by atoms with Gasteiger partial charge >= 0.3 is 0 Å². The Labute approximate surface area is 246 Å². The van der Waals surface area contributed by atoms with Crippen LogP contribution in [0.2, 0.25) is 0 Å². The van der Waals surface area contributed by atoms with Gasteiger partial charge in [0, 0.05) is 18.2 Å². The van der Waals surface area contributed by atoms with Crippen LogP contribution in [0, 0.1) is 6.92 Å². The summed E-state index contributed by atoms with van der Waals surface area (Å²) in [5.41, 5.74) is 6.32. The molecule has 0 radical (unpaired) electrons. The number of nitrogens with one attached hydrogen (secondary N) is 2. The molecule has 2 amide bonds. The van der Waals surface area contributed by atoms with E-state index < -0.39 is 0 Å². The molecule has 2 saturated heterocycles. The molecule has 1 aromatic heterocycles. The third kappa shape index (κ3) is 7.61. The molecule has 9 heteroatoms. The molecule has 0 unspecified atom stereocenters. The van der Waals surface area contributed by atoms with Crippen LogP contribution in [0.3, 0.4) is 0 Å². The smallest absolute Gasteiger partial charge is 0.274 e. The Bertz CT molecular complexity index is 1360. The van der Waals surface area contributed by atoms with Gasteiger partial charge in [-0.3, -0.25) is 14.5 Å². The third-order valence-electron chi connectivity index (χ3n) is 7.98. The maximum absolute atomic E-state index is 13.2. The van der Waals surface area contributed by atoms with Crippen molar-refractivity contribution in [1.29, 1.82) is 0 Å². The van der Waals surface area contributed by atoms with E-state index in [2.05, 4.69) is 31.7 Å². The first-order chi connectivity index (χ1) is 20.0. The highest BCUT2D eigenvalue weighted by Crippen LogP contribution is 2.28. The number of carbonyl (C=O) groups is 2. The summed E-state index contributed by atoms with van der Waals surface area (Å²) in [7, 11) is 1.61. The van der Waals surface area contributed by atoms with E-state index in [0.717, 1.165) is 48.1 Å². The second-order valence-electron chi connectivity index (χ2n) is 10.9. The third-order valence-corrected chi connectivity index (χ3v) is 9.00. The summed E-state index contributed by atoms with van der Waals surface area (Å²) in [5, 5.41) is 9.42. The number of hydrogen-bond donors (Lipinski definition) is 2. The van der Waals surface area contributed by atoms with Crippen LogP contribution in [0.25, 0.3) is 0 Å². The first kappa shape index (κ1) is 29.0. The van der Waals surface area contributed by atoms with E-state index in [1.807, 2.05) is 54.8 Å². The van der Waals surface area contributed by atoms with Gasteiger partial charge < -0.3 is 15.0 Å². The zero-order chi connectivity index (χ0) is 28.6. The van der Waals surface area contributed by atoms with Gasteiger partial charge in [-0.2, -0.15) is 5.10 Å². The van der Waals surface area contributed by atoms with E-state index in [0.29, 0.717) is 16.1 Å². The van der Waals surface area contributed by atoms with E-state index in [-0.39, 0.29) is 11.8 Å². The fraction of sp³-hybridized carbons (Fsp3) is 0.406. The summed E-state index contributed by atoms with van der Waals surface area (Å²) in [4.78, 5) is 31.4. The van der Waals surface area contributed by atoms with Crippen molar-refractivity contribution in [2.45, 2.75) is 51.6 Å². The topological polar surface area (TPSA) is 86.3 Å². The Balaban J connectivity index is 1.16. The molecule has 3 heterocycles. The highest BCUT2D eigenvalue weighted by molar-refractivity contribution is 7.15. The summed E-state index contributed by atoms with van der Waals surface area (Å²) >= 11 is 1.34. The summed E-state index contributed by atoms with van der Waals surface area (Å²) in [6.07, 6.45) is 8.05. The lowest BCUT2D eigenvalue weighted by Gasteiger charge is -2.40. The predicted octanol–water partition coefficient (Wildman–Crippen LogP) is 5.53. The minimum atomic E-state index is -0.370. The first-order valence-corrected chi connectivity index (χ1v) is 15.3. The second kappa shape index (κ2) is 13.9. The first-order valence-electron chi connectivity index (χ1n) is 14.4. The van der Waals surface area contributed by atoms with Crippen LogP contribution < -0.4 is 15.5 Å². The summed E-state index contributed by atoms with van der Waals surface area (Å²) in [6.45, 7) is 7.38. The van der Waals surface area contributed by atoms with Gasteiger partial charge in [0.25, 0.3) is 11.8 Å². The van der Waals surface area contributed by atoms with Crippen molar-refractivity contribution < 1.29 is 14.3 Å². The molecule has 2 aromatic carbocycles. The van der Waals surface area contributed by atoms with Gasteiger partial charge in [0.15, 0.2) is 0 Å². The molecule has 0 spiro atoms. The van der Waals surface area contributed by atoms with Crippen LogP contribution in [0.15, 0.2) is 59.0 Å². The van der Waals surface area contributed by atoms with Gasteiger partial charge in [0.05, 0.1) is 18.9 Å². The number of methoxy groups -OCH3 is 1. The van der Waals surface area contributed by atoms with Crippen molar-refractivity contribution in [2.75, 3.05) is 38.6 Å². The summed E-state index contributed by atoms with van der Waals surface area (Å²) in [6, 6.07) is 15.9. The van der Waals surface area contributed by atoms with Crippen LogP contribution in [-0.2, 0) is 6.54 Å². The fourth-order valence-electron chi connectivity index (χ4n) is 5.70. The number of amides is 2. The summed E-state index contributed by atoms with van der Waals surface area (Å²) < 4.78 is 5.16. The van der Waals surface area contributed by atoms with Crippen molar-refractivity contribution in [3.63, 3.8) is 0 Å². The molecular weight excluding hydrogens is 534 g/mol. The lowest BCUT2D eigenvalue weighted by atomic mass is 9.99. The molecule has 2 N–H and O–H groups in total. The van der Waals surface area contributed by atoms with E-state index in [9.17, 15) is 9.59 Å². The minimum absolute atomic E-state index is 0.228. The SMILES string of the molecule is COc1ccc(C=NNC(=O)c2c(C)csc2NC(=O)c2cccc(CN3CCC(N4CCCCC4)CC3)c2)cc1. The van der Waals surface area contributed by atoms with Crippen LogP contribution in [0.1, 0.15) is 69.5 Å².